The zero-order chi connectivity index (χ0) is 23.1. The molecule has 9 heteroatoms. The van der Waals surface area contributed by atoms with Crippen LogP contribution in [0.25, 0.3) is 0 Å². The zero-order valence-corrected chi connectivity index (χ0v) is 19.1. The van der Waals surface area contributed by atoms with Gasteiger partial charge in [0.25, 0.3) is 0 Å². The first kappa shape index (κ1) is 23.9. The highest BCUT2D eigenvalue weighted by Gasteiger charge is 2.39. The number of ether oxygens (including phenoxy) is 3. The van der Waals surface area contributed by atoms with Crippen molar-refractivity contribution in [2.24, 2.45) is 0 Å². The summed E-state index contributed by atoms with van der Waals surface area (Å²) in [6.07, 6.45) is 2.72. The third-order valence-corrected chi connectivity index (χ3v) is 7.24. The van der Waals surface area contributed by atoms with Gasteiger partial charge in [-0.3, -0.25) is 4.79 Å². The highest BCUT2D eigenvalue weighted by atomic mass is 32.2. The van der Waals surface area contributed by atoms with Gasteiger partial charge >= 0.3 is 5.97 Å². The molecule has 8 nitrogen and oxygen atoms in total. The van der Waals surface area contributed by atoms with Crippen molar-refractivity contribution in [3.8, 4) is 17.2 Å². The number of hydrogen-bond acceptors (Lipinski definition) is 6. The fourth-order valence-corrected chi connectivity index (χ4v) is 5.37. The molecule has 0 bridgehead atoms. The second-order valence-electron chi connectivity index (χ2n) is 7.50. The standard InChI is InChI=1S/C23H29NO7S/c1-3-5-17-16-19(29-2)9-12-22(17)31-15-14-30-18-7-10-20(11-8-18)32(27,28)24-13-4-6-21(24)23(25)26/h7-12,16,21H,3-6,13-15H2,1-2H3,(H,25,26)/t21-/m1/s1. The number of carboxylic acid groups (broad SMARTS) is 1. The van der Waals surface area contributed by atoms with Crippen molar-refractivity contribution in [1.29, 1.82) is 0 Å². The van der Waals surface area contributed by atoms with Gasteiger partial charge in [-0.2, -0.15) is 4.31 Å². The van der Waals surface area contributed by atoms with E-state index in [4.69, 9.17) is 14.2 Å². The van der Waals surface area contributed by atoms with Crippen LogP contribution >= 0.6 is 0 Å². The van der Waals surface area contributed by atoms with E-state index < -0.39 is 22.0 Å². The molecule has 0 amide bonds. The molecule has 32 heavy (non-hydrogen) atoms. The lowest BCUT2D eigenvalue weighted by Gasteiger charge is -2.21. The fourth-order valence-electron chi connectivity index (χ4n) is 3.72. The van der Waals surface area contributed by atoms with Crippen LogP contribution in [-0.2, 0) is 21.2 Å². The number of nitrogens with zero attached hydrogens (tertiary/aromatic N) is 1. The molecule has 2 aromatic carbocycles. The molecule has 1 saturated heterocycles. The van der Waals surface area contributed by atoms with E-state index in [0.717, 1.165) is 34.2 Å². The van der Waals surface area contributed by atoms with Crippen LogP contribution in [0, 0.1) is 0 Å². The number of hydrogen-bond donors (Lipinski definition) is 1. The summed E-state index contributed by atoms with van der Waals surface area (Å²) in [5.74, 6) is 0.962. The maximum absolute atomic E-state index is 12.8. The van der Waals surface area contributed by atoms with Gasteiger partial charge in [-0.15, -0.1) is 0 Å². The minimum Gasteiger partial charge on any atom is -0.497 e. The number of methoxy groups -OCH3 is 1. The van der Waals surface area contributed by atoms with Crippen LogP contribution in [-0.4, -0.2) is 56.7 Å². The van der Waals surface area contributed by atoms with Crippen molar-refractivity contribution < 1.29 is 32.5 Å². The molecule has 174 valence electrons. The van der Waals surface area contributed by atoms with Crippen molar-refractivity contribution in [2.45, 2.75) is 43.5 Å². The Bertz CT molecular complexity index is 1020. The quantitative estimate of drug-likeness (QED) is 0.510. The van der Waals surface area contributed by atoms with Crippen LogP contribution in [0.2, 0.25) is 0 Å². The maximum atomic E-state index is 12.8. The van der Waals surface area contributed by atoms with Gasteiger partial charge in [-0.1, -0.05) is 13.3 Å². The summed E-state index contributed by atoms with van der Waals surface area (Å²) in [4.78, 5) is 11.4. The Morgan fingerprint density at radius 1 is 1.09 bits per heavy atom. The van der Waals surface area contributed by atoms with Crippen LogP contribution in [0.3, 0.4) is 0 Å². The number of carbonyl (C=O) groups is 1. The second kappa shape index (κ2) is 10.7. The molecular weight excluding hydrogens is 434 g/mol. The molecule has 0 unspecified atom stereocenters. The smallest absolute Gasteiger partial charge is 0.322 e. The first-order chi connectivity index (χ1) is 15.4. The van der Waals surface area contributed by atoms with E-state index in [1.54, 1.807) is 19.2 Å². The van der Waals surface area contributed by atoms with E-state index >= 15 is 0 Å². The molecule has 0 aliphatic carbocycles. The molecule has 1 fully saturated rings. The van der Waals surface area contributed by atoms with Gasteiger partial charge in [-0.25, -0.2) is 8.42 Å². The van der Waals surface area contributed by atoms with Gasteiger partial charge in [0.2, 0.25) is 10.0 Å². The molecule has 3 rings (SSSR count). The van der Waals surface area contributed by atoms with Crippen LogP contribution in [0.5, 0.6) is 17.2 Å². The Morgan fingerprint density at radius 3 is 2.44 bits per heavy atom. The Labute approximate surface area is 188 Å². The summed E-state index contributed by atoms with van der Waals surface area (Å²) < 4.78 is 43.5. The number of benzene rings is 2. The molecule has 0 spiro atoms. The van der Waals surface area contributed by atoms with Crippen molar-refractivity contribution in [3.05, 3.63) is 48.0 Å². The molecule has 1 heterocycles. The van der Waals surface area contributed by atoms with Gasteiger partial charge in [0.05, 0.1) is 12.0 Å². The minimum absolute atomic E-state index is 0.0525. The normalized spacial score (nSPS) is 16.6. The summed E-state index contributed by atoms with van der Waals surface area (Å²) in [5, 5.41) is 9.27. The van der Waals surface area contributed by atoms with Crippen molar-refractivity contribution in [2.75, 3.05) is 26.9 Å². The summed E-state index contributed by atoms with van der Waals surface area (Å²) >= 11 is 0. The number of aryl methyl sites for hydroxylation is 1. The summed E-state index contributed by atoms with van der Waals surface area (Å²) in [6, 6.07) is 10.7. The average molecular weight is 464 g/mol. The van der Waals surface area contributed by atoms with Crippen LogP contribution in [0.15, 0.2) is 47.4 Å². The largest absolute Gasteiger partial charge is 0.497 e. The number of carboxylic acids is 1. The predicted octanol–water partition coefficient (Wildman–Crippen LogP) is 3.34. The molecule has 1 aliphatic heterocycles. The fraction of sp³-hybridized carbons (Fsp3) is 0.435. The van der Waals surface area contributed by atoms with E-state index in [9.17, 15) is 18.3 Å². The molecule has 0 saturated carbocycles. The zero-order valence-electron chi connectivity index (χ0n) is 18.3. The molecular formula is C23H29NO7S. The first-order valence-corrected chi connectivity index (χ1v) is 12.1. The first-order valence-electron chi connectivity index (χ1n) is 10.6. The summed E-state index contributed by atoms with van der Waals surface area (Å²) in [7, 11) is -2.23. The molecule has 2 aromatic rings. The number of rotatable bonds is 11. The Kier molecular flexibility index (Phi) is 7.98. The molecule has 1 aliphatic rings. The monoisotopic (exact) mass is 463 g/mol. The van der Waals surface area contributed by atoms with Gasteiger partial charge in [0.1, 0.15) is 36.5 Å². The second-order valence-corrected chi connectivity index (χ2v) is 9.39. The van der Waals surface area contributed by atoms with Crippen molar-refractivity contribution >= 4 is 16.0 Å². The van der Waals surface area contributed by atoms with E-state index in [-0.39, 0.29) is 18.0 Å². The maximum Gasteiger partial charge on any atom is 0.322 e. The third-order valence-electron chi connectivity index (χ3n) is 5.32. The summed E-state index contributed by atoms with van der Waals surface area (Å²) in [6.45, 7) is 2.93. The lowest BCUT2D eigenvalue weighted by molar-refractivity contribution is -0.140. The highest BCUT2D eigenvalue weighted by Crippen LogP contribution is 2.28. The minimum atomic E-state index is -3.86. The molecule has 0 aromatic heterocycles. The van der Waals surface area contributed by atoms with E-state index in [2.05, 4.69) is 6.92 Å². The van der Waals surface area contributed by atoms with E-state index in [1.165, 1.54) is 12.1 Å². The Hall–Kier alpha value is -2.78. The third kappa shape index (κ3) is 5.52. The van der Waals surface area contributed by atoms with Crippen LogP contribution < -0.4 is 14.2 Å². The SMILES string of the molecule is CCCc1cc(OC)ccc1OCCOc1ccc(S(=O)(=O)N2CCC[C@@H]2C(=O)O)cc1. The average Bonchev–Trinajstić information content (AvgIpc) is 3.29. The van der Waals surface area contributed by atoms with Crippen molar-refractivity contribution in [3.63, 3.8) is 0 Å². The lowest BCUT2D eigenvalue weighted by Crippen LogP contribution is -2.40. The van der Waals surface area contributed by atoms with Crippen LogP contribution in [0.1, 0.15) is 31.7 Å². The molecule has 1 N–H and O–H groups in total. The van der Waals surface area contributed by atoms with Gasteiger partial charge in [0, 0.05) is 6.54 Å². The number of aliphatic carboxylic acids is 1. The van der Waals surface area contributed by atoms with Crippen LogP contribution in [0.4, 0.5) is 0 Å². The van der Waals surface area contributed by atoms with Gasteiger partial charge < -0.3 is 19.3 Å². The van der Waals surface area contributed by atoms with E-state index in [1.807, 2.05) is 18.2 Å². The topological polar surface area (TPSA) is 102 Å². The highest BCUT2D eigenvalue weighted by molar-refractivity contribution is 7.89. The Balaban J connectivity index is 1.56. The predicted molar refractivity (Wildman–Crippen MR) is 119 cm³/mol. The van der Waals surface area contributed by atoms with Gasteiger partial charge in [-0.05, 0) is 67.3 Å². The molecule has 0 radical (unpaired) electrons. The Morgan fingerprint density at radius 2 is 1.78 bits per heavy atom. The molecule has 1 atom stereocenters. The van der Waals surface area contributed by atoms with E-state index in [0.29, 0.717) is 25.2 Å². The van der Waals surface area contributed by atoms with Crippen molar-refractivity contribution in [1.82, 2.24) is 4.31 Å². The summed E-state index contributed by atoms with van der Waals surface area (Å²) in [5.41, 5.74) is 1.07. The van der Waals surface area contributed by atoms with Gasteiger partial charge in [0.15, 0.2) is 0 Å². The lowest BCUT2D eigenvalue weighted by atomic mass is 10.1. The number of sulfonamides is 1.